The average molecular weight is 339 g/mol. The van der Waals surface area contributed by atoms with E-state index in [4.69, 9.17) is 9.84 Å². The summed E-state index contributed by atoms with van der Waals surface area (Å²) in [6.45, 7) is 3.12. The summed E-state index contributed by atoms with van der Waals surface area (Å²) < 4.78 is 5.94. The fourth-order valence-corrected chi connectivity index (χ4v) is 3.38. The van der Waals surface area contributed by atoms with Gasteiger partial charge < -0.3 is 14.7 Å². The third kappa shape index (κ3) is 5.33. The zero-order valence-electron chi connectivity index (χ0n) is 14.4. The maximum Gasteiger partial charge on any atom is 0.303 e. The number of nitrogens with zero attached hydrogens (tertiary/aromatic N) is 1. The number of hydrogen-bond acceptors (Lipinski definition) is 3. The number of carbonyl (C=O) groups is 1. The molecular weight excluding hydrogens is 314 g/mol. The first-order valence-electron chi connectivity index (χ1n) is 8.98. The van der Waals surface area contributed by atoms with E-state index < -0.39 is 5.97 Å². The predicted octanol–water partition coefficient (Wildman–Crippen LogP) is 4.52. The second-order valence-corrected chi connectivity index (χ2v) is 6.62. The van der Waals surface area contributed by atoms with Crippen molar-refractivity contribution in [2.24, 2.45) is 0 Å². The highest BCUT2D eigenvalue weighted by Gasteiger charge is 2.23. The van der Waals surface area contributed by atoms with Crippen LogP contribution in [0, 0.1) is 0 Å². The van der Waals surface area contributed by atoms with Crippen LogP contribution in [0.25, 0.3) is 0 Å². The molecule has 1 unspecified atom stereocenters. The Hall–Kier alpha value is -2.33. The topological polar surface area (TPSA) is 49.8 Å². The summed E-state index contributed by atoms with van der Waals surface area (Å²) in [7, 11) is 0. The van der Waals surface area contributed by atoms with Crippen molar-refractivity contribution >= 4 is 5.97 Å². The van der Waals surface area contributed by atoms with Gasteiger partial charge in [0.1, 0.15) is 11.5 Å². The maximum atomic E-state index is 10.6. The lowest BCUT2D eigenvalue weighted by molar-refractivity contribution is -0.137. The van der Waals surface area contributed by atoms with Crippen molar-refractivity contribution in [2.75, 3.05) is 19.6 Å². The Morgan fingerprint density at radius 3 is 2.68 bits per heavy atom. The molecule has 25 heavy (non-hydrogen) atoms. The van der Waals surface area contributed by atoms with Gasteiger partial charge in [0, 0.05) is 13.0 Å². The van der Waals surface area contributed by atoms with Crippen molar-refractivity contribution in [1.82, 2.24) is 4.90 Å². The van der Waals surface area contributed by atoms with Gasteiger partial charge in [-0.05, 0) is 68.1 Å². The fourth-order valence-electron chi connectivity index (χ4n) is 3.38. The third-order valence-corrected chi connectivity index (χ3v) is 4.70. The van der Waals surface area contributed by atoms with E-state index in [-0.39, 0.29) is 6.42 Å². The number of rotatable bonds is 8. The lowest BCUT2D eigenvalue weighted by Crippen LogP contribution is -2.21. The van der Waals surface area contributed by atoms with Crippen molar-refractivity contribution in [1.29, 1.82) is 0 Å². The molecule has 0 spiro atoms. The largest absolute Gasteiger partial charge is 0.481 e. The van der Waals surface area contributed by atoms with E-state index in [9.17, 15) is 4.79 Å². The van der Waals surface area contributed by atoms with Crippen LogP contribution in [-0.2, 0) is 4.79 Å². The summed E-state index contributed by atoms with van der Waals surface area (Å²) in [5.74, 6) is 1.56. The Kier molecular flexibility index (Phi) is 6.07. The lowest BCUT2D eigenvalue weighted by Gasteiger charge is -2.16. The minimum atomic E-state index is -0.700. The van der Waals surface area contributed by atoms with Gasteiger partial charge in [0.2, 0.25) is 0 Å². The van der Waals surface area contributed by atoms with Crippen LogP contribution in [0.2, 0.25) is 0 Å². The molecule has 1 atom stereocenters. The molecule has 4 nitrogen and oxygen atoms in total. The maximum absolute atomic E-state index is 10.6. The average Bonchev–Trinajstić information content (AvgIpc) is 3.09. The van der Waals surface area contributed by atoms with Crippen LogP contribution >= 0.6 is 0 Å². The number of hydrogen-bond donors (Lipinski definition) is 1. The van der Waals surface area contributed by atoms with Gasteiger partial charge in [-0.2, -0.15) is 0 Å². The zero-order valence-corrected chi connectivity index (χ0v) is 14.4. The number of para-hydroxylation sites is 1. The molecule has 132 valence electrons. The van der Waals surface area contributed by atoms with Crippen LogP contribution in [0.3, 0.4) is 0 Å². The van der Waals surface area contributed by atoms with Crippen molar-refractivity contribution in [3.05, 3.63) is 60.2 Å². The van der Waals surface area contributed by atoms with Gasteiger partial charge in [0.15, 0.2) is 0 Å². The first-order chi connectivity index (χ1) is 12.2. The Morgan fingerprint density at radius 2 is 1.88 bits per heavy atom. The van der Waals surface area contributed by atoms with E-state index in [1.807, 2.05) is 36.4 Å². The molecule has 1 heterocycles. The molecule has 0 aliphatic carbocycles. The van der Waals surface area contributed by atoms with Gasteiger partial charge in [-0.15, -0.1) is 0 Å². The smallest absolute Gasteiger partial charge is 0.303 e. The van der Waals surface area contributed by atoms with E-state index in [1.54, 1.807) is 0 Å². The molecule has 1 aliphatic rings. The normalized spacial score (nSPS) is 17.5. The Balaban J connectivity index is 1.52. The van der Waals surface area contributed by atoms with Gasteiger partial charge in [0.25, 0.3) is 0 Å². The van der Waals surface area contributed by atoms with Crippen LogP contribution in [0.5, 0.6) is 11.5 Å². The van der Waals surface area contributed by atoms with Crippen molar-refractivity contribution in [3.63, 3.8) is 0 Å². The Labute approximate surface area is 149 Å². The van der Waals surface area contributed by atoms with E-state index in [0.717, 1.165) is 50.4 Å². The van der Waals surface area contributed by atoms with Gasteiger partial charge in [0.05, 0.1) is 0 Å². The Bertz CT molecular complexity index is 687. The van der Waals surface area contributed by atoms with Crippen molar-refractivity contribution in [3.8, 4) is 11.5 Å². The highest BCUT2D eigenvalue weighted by atomic mass is 16.5. The SMILES string of the molecule is O=C(O)CCCCN1CCC(c2cccc(Oc3ccccc3)c2)C1. The monoisotopic (exact) mass is 339 g/mol. The summed E-state index contributed by atoms with van der Waals surface area (Å²) >= 11 is 0. The molecular formula is C21H25NO3. The number of aliphatic carboxylic acids is 1. The third-order valence-electron chi connectivity index (χ3n) is 4.70. The van der Waals surface area contributed by atoms with E-state index in [1.165, 1.54) is 5.56 Å². The van der Waals surface area contributed by atoms with Crippen LogP contribution < -0.4 is 4.74 Å². The molecule has 4 heteroatoms. The number of unbranched alkanes of at least 4 members (excludes halogenated alkanes) is 1. The van der Waals surface area contributed by atoms with Gasteiger partial charge in [-0.25, -0.2) is 0 Å². The number of carboxylic acid groups (broad SMARTS) is 1. The van der Waals surface area contributed by atoms with Gasteiger partial charge in [-0.3, -0.25) is 4.79 Å². The molecule has 0 saturated carbocycles. The predicted molar refractivity (Wildman–Crippen MR) is 98.2 cm³/mol. The molecule has 0 aromatic heterocycles. The minimum absolute atomic E-state index is 0.274. The molecule has 2 aromatic rings. The summed E-state index contributed by atoms with van der Waals surface area (Å²) in [6, 6.07) is 18.2. The van der Waals surface area contributed by atoms with E-state index in [0.29, 0.717) is 5.92 Å². The molecule has 0 radical (unpaired) electrons. The molecule has 2 aromatic carbocycles. The molecule has 0 bridgehead atoms. The highest BCUT2D eigenvalue weighted by Crippen LogP contribution is 2.31. The number of carboxylic acids is 1. The lowest BCUT2D eigenvalue weighted by atomic mass is 9.98. The van der Waals surface area contributed by atoms with Crippen molar-refractivity contribution in [2.45, 2.75) is 31.6 Å². The van der Waals surface area contributed by atoms with Crippen LogP contribution in [0.15, 0.2) is 54.6 Å². The van der Waals surface area contributed by atoms with Crippen LogP contribution in [0.1, 0.15) is 37.2 Å². The molecule has 1 saturated heterocycles. The molecule has 3 rings (SSSR count). The van der Waals surface area contributed by atoms with Gasteiger partial charge >= 0.3 is 5.97 Å². The molecule has 0 amide bonds. The van der Waals surface area contributed by atoms with Crippen LogP contribution in [-0.4, -0.2) is 35.6 Å². The summed E-state index contributed by atoms with van der Waals surface area (Å²) in [5, 5.41) is 8.70. The first-order valence-corrected chi connectivity index (χ1v) is 8.98. The standard InChI is InChI=1S/C21H25NO3/c23-21(24)11-4-5-13-22-14-12-18(16-22)17-7-6-10-20(15-17)25-19-8-2-1-3-9-19/h1-3,6-10,15,18H,4-5,11-14,16H2,(H,23,24). The summed E-state index contributed by atoms with van der Waals surface area (Å²) in [4.78, 5) is 13.0. The summed E-state index contributed by atoms with van der Waals surface area (Å²) in [6.07, 6.45) is 3.14. The Morgan fingerprint density at radius 1 is 1.08 bits per heavy atom. The minimum Gasteiger partial charge on any atom is -0.481 e. The fraction of sp³-hybridized carbons (Fsp3) is 0.381. The van der Waals surface area contributed by atoms with E-state index in [2.05, 4.69) is 23.1 Å². The van der Waals surface area contributed by atoms with Crippen LogP contribution in [0.4, 0.5) is 0 Å². The molecule has 1 N–H and O–H groups in total. The first kappa shape index (κ1) is 17.5. The number of benzene rings is 2. The van der Waals surface area contributed by atoms with Gasteiger partial charge in [-0.1, -0.05) is 30.3 Å². The van der Waals surface area contributed by atoms with E-state index >= 15 is 0 Å². The second kappa shape index (κ2) is 8.67. The molecule has 1 fully saturated rings. The quantitative estimate of drug-likeness (QED) is 0.718. The number of likely N-dealkylation sites (tertiary alicyclic amines) is 1. The second-order valence-electron chi connectivity index (χ2n) is 6.62. The molecule has 1 aliphatic heterocycles. The van der Waals surface area contributed by atoms with Crippen molar-refractivity contribution < 1.29 is 14.6 Å². The number of ether oxygens (including phenoxy) is 1. The highest BCUT2D eigenvalue weighted by molar-refractivity contribution is 5.66. The zero-order chi connectivity index (χ0) is 17.5. The summed E-state index contributed by atoms with van der Waals surface area (Å²) in [5.41, 5.74) is 1.32.